The van der Waals surface area contributed by atoms with Crippen LogP contribution in [0.25, 0.3) is 11.1 Å². The molecule has 26 heavy (non-hydrogen) atoms. The average Bonchev–Trinajstić information content (AvgIpc) is 2.66. The highest BCUT2D eigenvalue weighted by Gasteiger charge is 2.19. The molecule has 0 bridgehead atoms. The van der Waals surface area contributed by atoms with E-state index in [1.807, 2.05) is 78.9 Å². The van der Waals surface area contributed by atoms with Crippen LogP contribution in [0.4, 0.5) is 0 Å². The number of hydrogen-bond acceptors (Lipinski definition) is 2. The van der Waals surface area contributed by atoms with Gasteiger partial charge in [0.15, 0.2) is 0 Å². The SMILES string of the molecule is O=C(O)C[C@H](NCc1ccccc1)c1ccccc1-c1ccc(Cl)cc1. The third-order valence-corrected chi connectivity index (χ3v) is 4.52. The van der Waals surface area contributed by atoms with Crippen molar-refractivity contribution in [3.63, 3.8) is 0 Å². The molecular formula is C22H20ClNO2. The van der Waals surface area contributed by atoms with Crippen LogP contribution in [0.5, 0.6) is 0 Å². The summed E-state index contributed by atoms with van der Waals surface area (Å²) in [5.74, 6) is -0.832. The third-order valence-electron chi connectivity index (χ3n) is 4.27. The van der Waals surface area contributed by atoms with Crippen LogP contribution in [0.2, 0.25) is 5.02 Å². The van der Waals surface area contributed by atoms with Gasteiger partial charge >= 0.3 is 5.97 Å². The fourth-order valence-electron chi connectivity index (χ4n) is 3.00. The van der Waals surface area contributed by atoms with Crippen molar-refractivity contribution in [3.05, 3.63) is 95.0 Å². The van der Waals surface area contributed by atoms with E-state index < -0.39 is 5.97 Å². The maximum absolute atomic E-state index is 11.4. The Morgan fingerprint density at radius 2 is 1.58 bits per heavy atom. The van der Waals surface area contributed by atoms with Crippen molar-refractivity contribution >= 4 is 17.6 Å². The zero-order chi connectivity index (χ0) is 18.4. The summed E-state index contributed by atoms with van der Waals surface area (Å²) in [7, 11) is 0. The van der Waals surface area contributed by atoms with Crippen LogP contribution in [0, 0.1) is 0 Å². The van der Waals surface area contributed by atoms with E-state index in [1.54, 1.807) is 0 Å². The summed E-state index contributed by atoms with van der Waals surface area (Å²) in [6, 6.07) is 25.2. The Hall–Kier alpha value is -2.62. The molecule has 0 fully saturated rings. The van der Waals surface area contributed by atoms with Crippen LogP contribution in [0.15, 0.2) is 78.9 Å². The first kappa shape index (κ1) is 18.2. The number of carbonyl (C=O) groups is 1. The van der Waals surface area contributed by atoms with E-state index in [9.17, 15) is 9.90 Å². The fourth-order valence-corrected chi connectivity index (χ4v) is 3.12. The molecule has 0 amide bonds. The van der Waals surface area contributed by atoms with Crippen molar-refractivity contribution in [2.75, 3.05) is 0 Å². The smallest absolute Gasteiger partial charge is 0.305 e. The van der Waals surface area contributed by atoms with Crippen molar-refractivity contribution in [2.24, 2.45) is 0 Å². The van der Waals surface area contributed by atoms with Gasteiger partial charge in [0.25, 0.3) is 0 Å². The van der Waals surface area contributed by atoms with Gasteiger partial charge in [-0.25, -0.2) is 0 Å². The van der Waals surface area contributed by atoms with Gasteiger partial charge in [-0.3, -0.25) is 4.79 Å². The van der Waals surface area contributed by atoms with Crippen LogP contribution in [-0.4, -0.2) is 11.1 Å². The molecule has 0 aliphatic heterocycles. The molecule has 3 rings (SSSR count). The number of hydrogen-bond donors (Lipinski definition) is 2. The molecule has 132 valence electrons. The molecule has 0 aliphatic carbocycles. The lowest BCUT2D eigenvalue weighted by Crippen LogP contribution is -2.24. The molecule has 3 aromatic rings. The van der Waals surface area contributed by atoms with Crippen LogP contribution in [0.1, 0.15) is 23.6 Å². The Balaban J connectivity index is 1.91. The number of benzene rings is 3. The zero-order valence-corrected chi connectivity index (χ0v) is 15.0. The maximum Gasteiger partial charge on any atom is 0.305 e. The number of aliphatic carboxylic acids is 1. The molecule has 4 heteroatoms. The van der Waals surface area contributed by atoms with Gasteiger partial charge in [0.2, 0.25) is 0 Å². The van der Waals surface area contributed by atoms with Crippen LogP contribution >= 0.6 is 11.6 Å². The Labute approximate surface area is 158 Å². The van der Waals surface area contributed by atoms with E-state index in [4.69, 9.17) is 11.6 Å². The summed E-state index contributed by atoms with van der Waals surface area (Å²) >= 11 is 6.00. The van der Waals surface area contributed by atoms with Gasteiger partial charge in [0, 0.05) is 17.6 Å². The first-order valence-electron chi connectivity index (χ1n) is 8.47. The van der Waals surface area contributed by atoms with E-state index in [-0.39, 0.29) is 12.5 Å². The Morgan fingerprint density at radius 3 is 2.27 bits per heavy atom. The van der Waals surface area contributed by atoms with Crippen molar-refractivity contribution < 1.29 is 9.90 Å². The second kappa shape index (κ2) is 8.65. The van der Waals surface area contributed by atoms with Gasteiger partial charge in [-0.15, -0.1) is 0 Å². The van der Waals surface area contributed by atoms with Crippen LogP contribution < -0.4 is 5.32 Å². The summed E-state index contributed by atoms with van der Waals surface area (Å²) in [5.41, 5.74) is 4.11. The Bertz CT molecular complexity index is 863. The molecule has 0 unspecified atom stereocenters. The molecule has 0 heterocycles. The predicted octanol–water partition coefficient (Wildman–Crippen LogP) is 5.31. The topological polar surface area (TPSA) is 49.3 Å². The predicted molar refractivity (Wildman–Crippen MR) is 105 cm³/mol. The van der Waals surface area contributed by atoms with Crippen molar-refractivity contribution in [2.45, 2.75) is 19.0 Å². The molecule has 0 saturated heterocycles. The largest absolute Gasteiger partial charge is 0.481 e. The van der Waals surface area contributed by atoms with Gasteiger partial charge in [-0.2, -0.15) is 0 Å². The lowest BCUT2D eigenvalue weighted by atomic mass is 9.93. The van der Waals surface area contributed by atoms with E-state index in [0.29, 0.717) is 11.6 Å². The zero-order valence-electron chi connectivity index (χ0n) is 14.2. The van der Waals surface area contributed by atoms with Crippen LogP contribution in [-0.2, 0) is 11.3 Å². The highest BCUT2D eigenvalue weighted by molar-refractivity contribution is 6.30. The molecule has 0 spiro atoms. The van der Waals surface area contributed by atoms with E-state index in [0.717, 1.165) is 22.3 Å². The van der Waals surface area contributed by atoms with Gasteiger partial charge in [-0.1, -0.05) is 78.3 Å². The molecule has 2 N–H and O–H groups in total. The lowest BCUT2D eigenvalue weighted by Gasteiger charge is -2.21. The minimum atomic E-state index is -0.832. The Morgan fingerprint density at radius 1 is 0.923 bits per heavy atom. The minimum Gasteiger partial charge on any atom is -0.481 e. The molecule has 0 radical (unpaired) electrons. The molecule has 3 aromatic carbocycles. The van der Waals surface area contributed by atoms with Gasteiger partial charge < -0.3 is 10.4 Å². The minimum absolute atomic E-state index is 0.0113. The molecule has 3 nitrogen and oxygen atoms in total. The van der Waals surface area contributed by atoms with E-state index >= 15 is 0 Å². The van der Waals surface area contributed by atoms with E-state index in [1.165, 1.54) is 0 Å². The van der Waals surface area contributed by atoms with Crippen molar-refractivity contribution in [1.29, 1.82) is 0 Å². The second-order valence-corrected chi connectivity index (χ2v) is 6.55. The monoisotopic (exact) mass is 365 g/mol. The first-order valence-corrected chi connectivity index (χ1v) is 8.85. The number of carboxylic acid groups (broad SMARTS) is 1. The number of nitrogens with one attached hydrogen (secondary N) is 1. The summed E-state index contributed by atoms with van der Waals surface area (Å²) < 4.78 is 0. The molecule has 0 aliphatic rings. The lowest BCUT2D eigenvalue weighted by molar-refractivity contribution is -0.137. The quantitative estimate of drug-likeness (QED) is 0.596. The van der Waals surface area contributed by atoms with Gasteiger partial charge in [-0.05, 0) is 34.4 Å². The molecule has 1 atom stereocenters. The maximum atomic E-state index is 11.4. The average molecular weight is 366 g/mol. The normalized spacial score (nSPS) is 11.9. The Kier molecular flexibility index (Phi) is 6.05. The highest BCUT2D eigenvalue weighted by atomic mass is 35.5. The summed E-state index contributed by atoms with van der Waals surface area (Å²) in [5, 5.41) is 13.5. The van der Waals surface area contributed by atoms with Crippen LogP contribution in [0.3, 0.4) is 0 Å². The van der Waals surface area contributed by atoms with Gasteiger partial charge in [0.05, 0.1) is 6.42 Å². The summed E-state index contributed by atoms with van der Waals surface area (Å²) in [4.78, 5) is 11.4. The standard InChI is InChI=1S/C22H20ClNO2/c23-18-12-10-17(11-13-18)19-8-4-5-9-20(19)21(14-22(25)26)24-15-16-6-2-1-3-7-16/h1-13,21,24H,14-15H2,(H,25,26)/t21-/m0/s1. The fraction of sp³-hybridized carbons (Fsp3) is 0.136. The van der Waals surface area contributed by atoms with E-state index in [2.05, 4.69) is 5.32 Å². The number of rotatable bonds is 7. The second-order valence-electron chi connectivity index (χ2n) is 6.11. The van der Waals surface area contributed by atoms with Crippen molar-refractivity contribution in [3.8, 4) is 11.1 Å². The highest BCUT2D eigenvalue weighted by Crippen LogP contribution is 2.31. The summed E-state index contributed by atoms with van der Waals surface area (Å²) in [6.45, 7) is 0.605. The molecule has 0 saturated carbocycles. The van der Waals surface area contributed by atoms with Gasteiger partial charge in [0.1, 0.15) is 0 Å². The molecular weight excluding hydrogens is 346 g/mol. The van der Waals surface area contributed by atoms with Crippen molar-refractivity contribution in [1.82, 2.24) is 5.32 Å². The molecule has 0 aromatic heterocycles. The number of halogens is 1. The first-order chi connectivity index (χ1) is 12.6. The summed E-state index contributed by atoms with van der Waals surface area (Å²) in [6.07, 6.45) is 0.0113. The number of carboxylic acids is 1. The third kappa shape index (κ3) is 4.72.